The minimum absolute atomic E-state index is 0.288. The fourth-order valence-corrected chi connectivity index (χ4v) is 6.29. The van der Waals surface area contributed by atoms with Crippen molar-refractivity contribution in [1.82, 2.24) is 0 Å². The minimum Gasteiger partial charge on any atom is -0.406 e. The van der Waals surface area contributed by atoms with E-state index in [-0.39, 0.29) is 5.60 Å². The highest BCUT2D eigenvalue weighted by Gasteiger charge is 2.74. The lowest BCUT2D eigenvalue weighted by Crippen LogP contribution is -2.72. The molecule has 138 valence electrons. The summed E-state index contributed by atoms with van der Waals surface area (Å²) in [5.74, 6) is 0.510. The van der Waals surface area contributed by atoms with Crippen LogP contribution in [0, 0.1) is 11.3 Å². The Morgan fingerprint density at radius 2 is 1.35 bits per heavy atom. The molecule has 0 amide bonds. The first kappa shape index (κ1) is 18.0. The highest BCUT2D eigenvalue weighted by molar-refractivity contribution is 6.69. The maximum Gasteiger partial charge on any atom is 0.184 e. The van der Waals surface area contributed by atoms with E-state index in [1.807, 2.05) is 0 Å². The van der Waals surface area contributed by atoms with Crippen molar-refractivity contribution in [2.24, 2.45) is 11.3 Å². The molecule has 0 aromatic heterocycles. The SMILES string of the molecule is CC1(C)CC1C1(O[Si](C)(C)C)COC1(c1ccccc1)c1ccccc1. The van der Waals surface area contributed by atoms with Crippen molar-refractivity contribution in [1.29, 1.82) is 0 Å². The molecule has 1 aliphatic heterocycles. The molecule has 1 saturated carbocycles. The van der Waals surface area contributed by atoms with Crippen LogP contribution in [0.4, 0.5) is 0 Å². The topological polar surface area (TPSA) is 18.5 Å². The van der Waals surface area contributed by atoms with Gasteiger partial charge >= 0.3 is 0 Å². The predicted octanol–water partition coefficient (Wildman–Crippen LogP) is 5.60. The van der Waals surface area contributed by atoms with Crippen molar-refractivity contribution in [2.45, 2.75) is 51.1 Å². The van der Waals surface area contributed by atoms with Gasteiger partial charge < -0.3 is 9.16 Å². The quantitative estimate of drug-likeness (QED) is 0.642. The van der Waals surface area contributed by atoms with Gasteiger partial charge in [-0.15, -0.1) is 0 Å². The van der Waals surface area contributed by atoms with Crippen molar-refractivity contribution in [3.8, 4) is 0 Å². The molecule has 2 fully saturated rings. The smallest absolute Gasteiger partial charge is 0.184 e. The first-order chi connectivity index (χ1) is 12.2. The molecule has 26 heavy (non-hydrogen) atoms. The lowest BCUT2D eigenvalue weighted by molar-refractivity contribution is -0.296. The summed E-state index contributed by atoms with van der Waals surface area (Å²) in [6.45, 7) is 12.3. The standard InChI is InChI=1S/C23H30O2Si/c1-21(2)16-20(21)22(25-26(3,4)5)17-24-23(22,18-12-8-6-9-13-18)19-14-10-7-11-15-19/h6-15,20H,16-17H2,1-5H3. The number of rotatable bonds is 5. The number of ether oxygens (including phenoxy) is 1. The fraction of sp³-hybridized carbons (Fsp3) is 0.478. The number of hydrogen-bond acceptors (Lipinski definition) is 2. The zero-order chi connectivity index (χ0) is 18.6. The molecule has 0 bridgehead atoms. The first-order valence-corrected chi connectivity index (χ1v) is 13.1. The van der Waals surface area contributed by atoms with Gasteiger partial charge in [-0.25, -0.2) is 0 Å². The van der Waals surface area contributed by atoms with Crippen molar-refractivity contribution < 1.29 is 9.16 Å². The van der Waals surface area contributed by atoms with Crippen LogP contribution in [-0.4, -0.2) is 20.5 Å². The molecule has 2 aliphatic rings. The van der Waals surface area contributed by atoms with E-state index in [1.165, 1.54) is 17.5 Å². The zero-order valence-corrected chi connectivity index (χ0v) is 17.6. The van der Waals surface area contributed by atoms with Crippen LogP contribution >= 0.6 is 0 Å². The summed E-state index contributed by atoms with van der Waals surface area (Å²) in [7, 11) is -1.78. The minimum atomic E-state index is -1.78. The molecule has 1 heterocycles. The van der Waals surface area contributed by atoms with Crippen LogP contribution in [-0.2, 0) is 14.8 Å². The lowest BCUT2D eigenvalue weighted by atomic mass is 9.65. The molecular formula is C23H30O2Si. The molecule has 2 atom stereocenters. The van der Waals surface area contributed by atoms with Crippen LogP contribution < -0.4 is 0 Å². The summed E-state index contributed by atoms with van der Waals surface area (Å²) in [4.78, 5) is 0. The molecule has 3 heteroatoms. The molecule has 2 unspecified atom stereocenters. The van der Waals surface area contributed by atoms with Gasteiger partial charge in [0, 0.05) is 0 Å². The summed E-state index contributed by atoms with van der Waals surface area (Å²) in [5, 5.41) is 0. The Hall–Kier alpha value is -1.42. The highest BCUT2D eigenvalue weighted by Crippen LogP contribution is 2.69. The maximum atomic E-state index is 7.06. The Labute approximate surface area is 158 Å². The van der Waals surface area contributed by atoms with Crippen molar-refractivity contribution >= 4 is 8.32 Å². The van der Waals surface area contributed by atoms with Gasteiger partial charge in [0.1, 0.15) is 11.2 Å². The monoisotopic (exact) mass is 366 g/mol. The Bertz CT molecular complexity index is 739. The molecule has 4 rings (SSSR count). The zero-order valence-electron chi connectivity index (χ0n) is 16.6. The van der Waals surface area contributed by atoms with E-state index in [0.717, 1.165) is 0 Å². The third-order valence-corrected chi connectivity index (χ3v) is 7.00. The van der Waals surface area contributed by atoms with E-state index in [9.17, 15) is 0 Å². The van der Waals surface area contributed by atoms with Crippen LogP contribution in [0.2, 0.25) is 19.6 Å². The molecule has 2 aromatic rings. The molecule has 2 aromatic carbocycles. The first-order valence-electron chi connectivity index (χ1n) is 9.67. The average molecular weight is 367 g/mol. The van der Waals surface area contributed by atoms with Crippen LogP contribution in [0.3, 0.4) is 0 Å². The summed E-state index contributed by atoms with van der Waals surface area (Å²) >= 11 is 0. The Balaban J connectivity index is 1.93. The summed E-state index contributed by atoms with van der Waals surface area (Å²) < 4.78 is 13.6. The molecule has 1 saturated heterocycles. The molecular weight excluding hydrogens is 336 g/mol. The van der Waals surface area contributed by atoms with Gasteiger partial charge in [-0.1, -0.05) is 74.5 Å². The average Bonchev–Trinajstić information content (AvgIpc) is 3.22. The second kappa shape index (κ2) is 5.79. The van der Waals surface area contributed by atoms with E-state index in [0.29, 0.717) is 17.9 Å². The van der Waals surface area contributed by atoms with Gasteiger partial charge in [0.25, 0.3) is 0 Å². The molecule has 0 radical (unpaired) electrons. The predicted molar refractivity (Wildman–Crippen MR) is 109 cm³/mol. The Morgan fingerprint density at radius 1 is 0.885 bits per heavy atom. The van der Waals surface area contributed by atoms with Crippen LogP contribution in [0.5, 0.6) is 0 Å². The summed E-state index contributed by atoms with van der Waals surface area (Å²) in [5.41, 5.74) is 1.91. The van der Waals surface area contributed by atoms with Gasteiger partial charge in [0.15, 0.2) is 8.32 Å². The van der Waals surface area contributed by atoms with E-state index < -0.39 is 13.9 Å². The fourth-order valence-electron chi connectivity index (χ4n) is 4.85. The summed E-state index contributed by atoms with van der Waals surface area (Å²) in [6, 6.07) is 21.4. The summed E-state index contributed by atoms with van der Waals surface area (Å²) in [6.07, 6.45) is 1.20. The van der Waals surface area contributed by atoms with Gasteiger partial charge in [0.05, 0.1) is 6.61 Å². The van der Waals surface area contributed by atoms with Gasteiger partial charge in [-0.3, -0.25) is 0 Å². The van der Waals surface area contributed by atoms with E-state index in [4.69, 9.17) is 9.16 Å². The normalized spacial score (nSPS) is 29.0. The maximum absolute atomic E-state index is 7.06. The third-order valence-electron chi connectivity index (χ3n) is 6.02. The molecule has 0 N–H and O–H groups in total. The number of benzene rings is 2. The van der Waals surface area contributed by atoms with Crippen molar-refractivity contribution in [3.63, 3.8) is 0 Å². The van der Waals surface area contributed by atoms with Crippen LogP contribution in [0.25, 0.3) is 0 Å². The second-order valence-electron chi connectivity index (χ2n) is 9.55. The van der Waals surface area contributed by atoms with Crippen LogP contribution in [0.1, 0.15) is 31.4 Å². The van der Waals surface area contributed by atoms with E-state index in [2.05, 4.69) is 94.2 Å². The van der Waals surface area contributed by atoms with E-state index in [1.54, 1.807) is 0 Å². The highest BCUT2D eigenvalue weighted by atomic mass is 28.4. The van der Waals surface area contributed by atoms with Gasteiger partial charge in [0.2, 0.25) is 0 Å². The molecule has 2 nitrogen and oxygen atoms in total. The lowest BCUT2D eigenvalue weighted by Gasteiger charge is -2.61. The van der Waals surface area contributed by atoms with Crippen LogP contribution in [0.15, 0.2) is 60.7 Å². The van der Waals surface area contributed by atoms with Gasteiger partial charge in [-0.2, -0.15) is 0 Å². The Kier molecular flexibility index (Phi) is 4.00. The third kappa shape index (κ3) is 2.60. The van der Waals surface area contributed by atoms with Gasteiger partial charge in [-0.05, 0) is 48.5 Å². The molecule has 1 aliphatic carbocycles. The number of hydrogen-bond donors (Lipinski definition) is 0. The Morgan fingerprint density at radius 3 is 1.65 bits per heavy atom. The van der Waals surface area contributed by atoms with Crippen molar-refractivity contribution in [2.75, 3.05) is 6.61 Å². The molecule has 0 spiro atoms. The second-order valence-corrected chi connectivity index (χ2v) is 14.0. The van der Waals surface area contributed by atoms with E-state index >= 15 is 0 Å². The largest absolute Gasteiger partial charge is 0.406 e. The van der Waals surface area contributed by atoms with Crippen molar-refractivity contribution in [3.05, 3.63) is 71.8 Å².